The van der Waals surface area contributed by atoms with Crippen LogP contribution >= 0.6 is 0 Å². The second-order valence-corrected chi connectivity index (χ2v) is 4.81. The molecule has 66 valence electrons. The van der Waals surface area contributed by atoms with Crippen molar-refractivity contribution in [2.75, 3.05) is 0 Å². The first-order valence-electron chi connectivity index (χ1n) is 5.67. The Hall–Kier alpha value is -0.260. The molecule has 4 aliphatic rings. The van der Waals surface area contributed by atoms with Crippen LogP contribution < -0.4 is 0 Å². The summed E-state index contributed by atoms with van der Waals surface area (Å²) in [5.41, 5.74) is 3.87. The van der Waals surface area contributed by atoms with E-state index in [1.807, 2.05) is 11.1 Å². The lowest BCUT2D eigenvalue weighted by atomic mass is 9.63. The summed E-state index contributed by atoms with van der Waals surface area (Å²) in [6.07, 6.45) is 12.0. The van der Waals surface area contributed by atoms with Crippen LogP contribution in [-0.2, 0) is 0 Å². The van der Waals surface area contributed by atoms with Gasteiger partial charge in [-0.2, -0.15) is 0 Å². The molecule has 4 rings (SSSR count). The fourth-order valence-electron chi connectivity index (χ4n) is 3.67. The number of fused-ring (bicyclic) bond motifs is 2. The Morgan fingerprint density at radius 3 is 1.50 bits per heavy atom. The van der Waals surface area contributed by atoms with Crippen LogP contribution in [0.5, 0.6) is 0 Å². The van der Waals surface area contributed by atoms with Crippen LogP contribution in [-0.4, -0.2) is 0 Å². The predicted octanol–water partition coefficient (Wildman–Crippen LogP) is 3.68. The van der Waals surface area contributed by atoms with Crippen molar-refractivity contribution < 1.29 is 0 Å². The van der Waals surface area contributed by atoms with Crippen molar-refractivity contribution in [3.8, 4) is 0 Å². The van der Waals surface area contributed by atoms with E-state index >= 15 is 0 Å². The van der Waals surface area contributed by atoms with Gasteiger partial charge in [-0.1, -0.05) is 11.1 Å². The van der Waals surface area contributed by atoms with Crippen molar-refractivity contribution in [3.05, 3.63) is 11.1 Å². The normalized spacial score (nSPS) is 40.0. The summed E-state index contributed by atoms with van der Waals surface area (Å²) in [6, 6.07) is 0. The number of hydrogen-bond acceptors (Lipinski definition) is 0. The van der Waals surface area contributed by atoms with Gasteiger partial charge in [0, 0.05) is 0 Å². The smallest absolute Gasteiger partial charge is 0.0200 e. The van der Waals surface area contributed by atoms with Gasteiger partial charge in [-0.3, -0.25) is 0 Å². The van der Waals surface area contributed by atoms with Gasteiger partial charge in [-0.25, -0.2) is 0 Å². The molecule has 0 aromatic rings. The summed E-state index contributed by atoms with van der Waals surface area (Å²) >= 11 is 0. The van der Waals surface area contributed by atoms with Crippen LogP contribution in [0, 0.1) is 11.8 Å². The van der Waals surface area contributed by atoms with Gasteiger partial charge in [0.05, 0.1) is 0 Å². The van der Waals surface area contributed by atoms with E-state index in [0.717, 1.165) is 11.8 Å². The molecule has 0 unspecified atom stereocenters. The zero-order valence-electron chi connectivity index (χ0n) is 7.81. The van der Waals surface area contributed by atoms with E-state index in [1.54, 1.807) is 0 Å². The Labute approximate surface area is 75.0 Å². The minimum Gasteiger partial charge on any atom is -0.0676 e. The number of allylic oxidation sites excluding steroid dienone is 2. The Morgan fingerprint density at radius 1 is 0.667 bits per heavy atom. The maximum absolute atomic E-state index is 1.93. The third-order valence-corrected chi connectivity index (χ3v) is 4.27. The lowest BCUT2D eigenvalue weighted by molar-refractivity contribution is 0.270. The average Bonchev–Trinajstić information content (AvgIpc) is 2.20. The van der Waals surface area contributed by atoms with Crippen molar-refractivity contribution in [2.45, 2.75) is 51.4 Å². The standard InChI is InChI=1S/C12H18/c1-2-4-12-10-7-5-9(6-8-10)11(12)3-1/h9-10H,1-8H2. The summed E-state index contributed by atoms with van der Waals surface area (Å²) < 4.78 is 0. The van der Waals surface area contributed by atoms with Crippen LogP contribution in [0.2, 0.25) is 0 Å². The van der Waals surface area contributed by atoms with E-state index in [4.69, 9.17) is 0 Å². The molecule has 0 heteroatoms. The van der Waals surface area contributed by atoms with Crippen molar-refractivity contribution in [1.29, 1.82) is 0 Å². The number of hydrogen-bond donors (Lipinski definition) is 0. The first kappa shape index (κ1) is 7.17. The van der Waals surface area contributed by atoms with Crippen molar-refractivity contribution in [1.82, 2.24) is 0 Å². The van der Waals surface area contributed by atoms with E-state index in [9.17, 15) is 0 Å². The third-order valence-electron chi connectivity index (χ3n) is 4.27. The van der Waals surface area contributed by atoms with Gasteiger partial charge in [0.15, 0.2) is 0 Å². The molecule has 0 nitrogen and oxygen atoms in total. The van der Waals surface area contributed by atoms with E-state index in [2.05, 4.69) is 0 Å². The van der Waals surface area contributed by atoms with E-state index < -0.39 is 0 Å². The Kier molecular flexibility index (Phi) is 1.56. The maximum atomic E-state index is 1.93. The molecule has 0 radical (unpaired) electrons. The molecule has 12 heavy (non-hydrogen) atoms. The fourth-order valence-corrected chi connectivity index (χ4v) is 3.67. The van der Waals surface area contributed by atoms with Crippen LogP contribution in [0.15, 0.2) is 11.1 Å². The first-order valence-corrected chi connectivity index (χ1v) is 5.67. The molecule has 0 atom stereocenters. The Bertz CT molecular complexity index is 192. The van der Waals surface area contributed by atoms with Crippen LogP contribution in [0.1, 0.15) is 51.4 Å². The molecular formula is C12H18. The second-order valence-electron chi connectivity index (χ2n) is 4.81. The van der Waals surface area contributed by atoms with Crippen molar-refractivity contribution in [2.24, 2.45) is 11.8 Å². The molecule has 0 spiro atoms. The van der Waals surface area contributed by atoms with Crippen LogP contribution in [0.25, 0.3) is 0 Å². The largest absolute Gasteiger partial charge is 0.0676 e. The topological polar surface area (TPSA) is 0 Å². The highest BCUT2D eigenvalue weighted by molar-refractivity contribution is 5.27. The van der Waals surface area contributed by atoms with Crippen LogP contribution in [0.4, 0.5) is 0 Å². The van der Waals surface area contributed by atoms with Crippen LogP contribution in [0.3, 0.4) is 0 Å². The fraction of sp³-hybridized carbons (Fsp3) is 0.833. The highest BCUT2D eigenvalue weighted by Gasteiger charge is 2.35. The minimum absolute atomic E-state index is 1.05. The van der Waals surface area contributed by atoms with Gasteiger partial charge in [0.1, 0.15) is 0 Å². The quantitative estimate of drug-likeness (QED) is 0.477. The molecule has 0 aromatic heterocycles. The number of rotatable bonds is 0. The zero-order valence-corrected chi connectivity index (χ0v) is 7.81. The molecule has 0 aliphatic heterocycles. The highest BCUT2D eigenvalue weighted by atomic mass is 14.4. The summed E-state index contributed by atoms with van der Waals surface area (Å²) in [5, 5.41) is 0. The lowest BCUT2D eigenvalue weighted by Crippen LogP contribution is -2.28. The molecule has 0 saturated heterocycles. The molecule has 1 saturated carbocycles. The molecular weight excluding hydrogens is 144 g/mol. The Balaban J connectivity index is 2.00. The summed E-state index contributed by atoms with van der Waals surface area (Å²) in [4.78, 5) is 0. The van der Waals surface area contributed by atoms with Crippen molar-refractivity contribution in [3.63, 3.8) is 0 Å². The molecule has 0 amide bonds. The van der Waals surface area contributed by atoms with E-state index in [0.29, 0.717) is 0 Å². The maximum Gasteiger partial charge on any atom is -0.0200 e. The minimum atomic E-state index is 1.05. The van der Waals surface area contributed by atoms with Crippen molar-refractivity contribution >= 4 is 0 Å². The van der Waals surface area contributed by atoms with E-state index in [1.165, 1.54) is 51.4 Å². The van der Waals surface area contributed by atoms with Gasteiger partial charge in [-0.05, 0) is 63.2 Å². The summed E-state index contributed by atoms with van der Waals surface area (Å²) in [7, 11) is 0. The third kappa shape index (κ3) is 0.901. The monoisotopic (exact) mass is 162 g/mol. The predicted molar refractivity (Wildman–Crippen MR) is 50.9 cm³/mol. The van der Waals surface area contributed by atoms with Gasteiger partial charge >= 0.3 is 0 Å². The molecule has 4 aliphatic carbocycles. The average molecular weight is 162 g/mol. The van der Waals surface area contributed by atoms with Gasteiger partial charge in [0.2, 0.25) is 0 Å². The molecule has 1 fully saturated rings. The Morgan fingerprint density at radius 2 is 1.08 bits per heavy atom. The summed E-state index contributed by atoms with van der Waals surface area (Å²) in [5.74, 6) is 2.09. The highest BCUT2D eigenvalue weighted by Crippen LogP contribution is 2.50. The van der Waals surface area contributed by atoms with Gasteiger partial charge in [-0.15, -0.1) is 0 Å². The lowest BCUT2D eigenvalue weighted by Gasteiger charge is -2.42. The SMILES string of the molecule is C1CCC2=C(C1)C1CCC2CC1. The molecule has 0 N–H and O–H groups in total. The second kappa shape index (κ2) is 2.61. The molecule has 2 bridgehead atoms. The van der Waals surface area contributed by atoms with E-state index in [-0.39, 0.29) is 0 Å². The molecule has 0 heterocycles. The molecule has 0 aromatic carbocycles. The first-order chi connectivity index (χ1) is 5.95. The van der Waals surface area contributed by atoms with Gasteiger partial charge < -0.3 is 0 Å². The van der Waals surface area contributed by atoms with Gasteiger partial charge in [0.25, 0.3) is 0 Å². The summed E-state index contributed by atoms with van der Waals surface area (Å²) in [6.45, 7) is 0. The zero-order chi connectivity index (χ0) is 7.97.